The number of carbonyl (C=O) groups excluding carboxylic acids is 1. The fraction of sp³-hybridized carbons (Fsp3) is 0.136. The number of amides is 1. The lowest BCUT2D eigenvalue weighted by Crippen LogP contribution is -2.13. The molecule has 4 rings (SSSR count). The van der Waals surface area contributed by atoms with Crippen molar-refractivity contribution in [3.8, 4) is 22.5 Å². The average Bonchev–Trinajstić information content (AvgIpc) is 3.31. The standard InChI is InChI=1S/C22H18ClN3O2S/c1-12-8-9-15(10-13(12)2)18-11-29-22(24-18)25-21(27)19-14(3)28-26-20(19)16-6-4-5-7-17(16)23/h4-11H,1-3H3,(H,24,25,27). The van der Waals surface area contributed by atoms with E-state index in [4.69, 9.17) is 16.1 Å². The molecule has 2 aromatic heterocycles. The summed E-state index contributed by atoms with van der Waals surface area (Å²) in [6.45, 7) is 5.84. The van der Waals surface area contributed by atoms with Gasteiger partial charge in [-0.05, 0) is 44.0 Å². The molecule has 0 radical (unpaired) electrons. The number of rotatable bonds is 4. The highest BCUT2D eigenvalue weighted by Crippen LogP contribution is 2.32. The van der Waals surface area contributed by atoms with Gasteiger partial charge in [0.2, 0.25) is 0 Å². The number of hydrogen-bond acceptors (Lipinski definition) is 5. The van der Waals surface area contributed by atoms with Gasteiger partial charge in [0, 0.05) is 16.5 Å². The van der Waals surface area contributed by atoms with E-state index in [1.807, 2.05) is 23.6 Å². The summed E-state index contributed by atoms with van der Waals surface area (Å²) in [5, 5.41) is 9.83. The Morgan fingerprint density at radius 2 is 1.90 bits per heavy atom. The van der Waals surface area contributed by atoms with Crippen LogP contribution in [0.5, 0.6) is 0 Å². The molecule has 7 heteroatoms. The monoisotopic (exact) mass is 423 g/mol. The van der Waals surface area contributed by atoms with Crippen molar-refractivity contribution < 1.29 is 9.32 Å². The minimum Gasteiger partial charge on any atom is -0.360 e. The maximum atomic E-state index is 13.0. The molecule has 29 heavy (non-hydrogen) atoms. The van der Waals surface area contributed by atoms with Gasteiger partial charge in [0.15, 0.2) is 5.13 Å². The minimum absolute atomic E-state index is 0.334. The number of carbonyl (C=O) groups is 1. The number of nitrogens with zero attached hydrogens (tertiary/aromatic N) is 2. The van der Waals surface area contributed by atoms with Gasteiger partial charge in [-0.3, -0.25) is 10.1 Å². The van der Waals surface area contributed by atoms with Crippen molar-refractivity contribution in [1.29, 1.82) is 0 Å². The molecule has 1 amide bonds. The lowest BCUT2D eigenvalue weighted by atomic mass is 10.1. The second-order valence-corrected chi connectivity index (χ2v) is 8.00. The maximum Gasteiger partial charge on any atom is 0.263 e. The van der Waals surface area contributed by atoms with Crippen molar-refractivity contribution in [2.45, 2.75) is 20.8 Å². The number of aromatic nitrogens is 2. The highest BCUT2D eigenvalue weighted by molar-refractivity contribution is 7.14. The third-order valence-electron chi connectivity index (χ3n) is 4.75. The van der Waals surface area contributed by atoms with Crippen molar-refractivity contribution in [2.24, 2.45) is 0 Å². The van der Waals surface area contributed by atoms with E-state index in [1.54, 1.807) is 19.1 Å². The van der Waals surface area contributed by atoms with Gasteiger partial charge in [-0.25, -0.2) is 4.98 Å². The fourth-order valence-electron chi connectivity index (χ4n) is 3.00. The molecule has 146 valence electrons. The van der Waals surface area contributed by atoms with Gasteiger partial charge in [-0.15, -0.1) is 11.3 Å². The van der Waals surface area contributed by atoms with Gasteiger partial charge >= 0.3 is 0 Å². The van der Waals surface area contributed by atoms with Crippen LogP contribution in [-0.4, -0.2) is 16.0 Å². The third-order valence-corrected chi connectivity index (χ3v) is 5.83. The molecule has 0 aliphatic heterocycles. The van der Waals surface area contributed by atoms with E-state index < -0.39 is 0 Å². The summed E-state index contributed by atoms with van der Waals surface area (Å²) in [6, 6.07) is 13.4. The quantitative estimate of drug-likeness (QED) is 0.418. The SMILES string of the molecule is Cc1ccc(-c2csc(NC(=O)c3c(-c4ccccc4Cl)noc3C)n2)cc1C. The summed E-state index contributed by atoms with van der Waals surface area (Å²) < 4.78 is 5.28. The second-order valence-electron chi connectivity index (χ2n) is 6.73. The molecule has 2 aromatic carbocycles. The first-order valence-corrected chi connectivity index (χ1v) is 10.3. The molecule has 0 saturated carbocycles. The van der Waals surface area contributed by atoms with Crippen molar-refractivity contribution in [2.75, 3.05) is 5.32 Å². The molecule has 0 spiro atoms. The van der Waals surface area contributed by atoms with Gasteiger partial charge in [0.25, 0.3) is 5.91 Å². The highest BCUT2D eigenvalue weighted by atomic mass is 35.5. The molecular formula is C22H18ClN3O2S. The van der Waals surface area contributed by atoms with Crippen LogP contribution in [0.15, 0.2) is 52.4 Å². The van der Waals surface area contributed by atoms with Crippen molar-refractivity contribution in [3.05, 3.63) is 75.3 Å². The molecule has 2 heterocycles. The summed E-state index contributed by atoms with van der Waals surface area (Å²) in [5.74, 6) is 0.0861. The molecule has 1 N–H and O–H groups in total. The second kappa shape index (κ2) is 7.81. The zero-order valence-electron chi connectivity index (χ0n) is 16.1. The van der Waals surface area contributed by atoms with Crippen LogP contribution >= 0.6 is 22.9 Å². The van der Waals surface area contributed by atoms with Crippen molar-refractivity contribution in [1.82, 2.24) is 10.1 Å². The Kier molecular flexibility index (Phi) is 5.22. The van der Waals surface area contributed by atoms with Crippen LogP contribution in [0.25, 0.3) is 22.5 Å². The average molecular weight is 424 g/mol. The summed E-state index contributed by atoms with van der Waals surface area (Å²) >= 11 is 7.65. The fourth-order valence-corrected chi connectivity index (χ4v) is 3.94. The summed E-state index contributed by atoms with van der Waals surface area (Å²) in [4.78, 5) is 17.5. The van der Waals surface area contributed by atoms with E-state index in [0.717, 1.165) is 11.3 Å². The van der Waals surface area contributed by atoms with Crippen molar-refractivity contribution >= 4 is 34.0 Å². The molecule has 5 nitrogen and oxygen atoms in total. The highest BCUT2D eigenvalue weighted by Gasteiger charge is 2.23. The lowest BCUT2D eigenvalue weighted by Gasteiger charge is -2.05. The van der Waals surface area contributed by atoms with E-state index in [-0.39, 0.29) is 5.91 Å². The Bertz CT molecular complexity index is 1210. The van der Waals surface area contributed by atoms with Crippen LogP contribution in [0.2, 0.25) is 5.02 Å². The van der Waals surface area contributed by atoms with Crippen LogP contribution in [0.3, 0.4) is 0 Å². The first-order chi connectivity index (χ1) is 13.9. The lowest BCUT2D eigenvalue weighted by molar-refractivity contribution is 0.102. The number of thiazole rings is 1. The summed E-state index contributed by atoms with van der Waals surface area (Å²) in [5.41, 5.74) is 5.67. The Morgan fingerprint density at radius 3 is 2.66 bits per heavy atom. The normalized spacial score (nSPS) is 10.9. The van der Waals surface area contributed by atoms with E-state index in [9.17, 15) is 4.79 Å². The molecule has 0 unspecified atom stereocenters. The molecule has 0 atom stereocenters. The first-order valence-electron chi connectivity index (χ1n) is 8.99. The largest absolute Gasteiger partial charge is 0.360 e. The molecular weight excluding hydrogens is 406 g/mol. The summed E-state index contributed by atoms with van der Waals surface area (Å²) in [7, 11) is 0. The third kappa shape index (κ3) is 3.81. The zero-order valence-corrected chi connectivity index (χ0v) is 17.7. The Balaban J connectivity index is 1.61. The predicted molar refractivity (Wildman–Crippen MR) is 117 cm³/mol. The molecule has 0 aliphatic rings. The van der Waals surface area contributed by atoms with Gasteiger partial charge < -0.3 is 4.52 Å². The topological polar surface area (TPSA) is 68.0 Å². The number of nitrogens with one attached hydrogen (secondary N) is 1. The van der Waals surface area contributed by atoms with E-state index >= 15 is 0 Å². The smallest absolute Gasteiger partial charge is 0.263 e. The predicted octanol–water partition coefficient (Wildman–Crippen LogP) is 6.30. The summed E-state index contributed by atoms with van der Waals surface area (Å²) in [6.07, 6.45) is 0. The Hall–Kier alpha value is -2.96. The number of hydrogen-bond donors (Lipinski definition) is 1. The zero-order chi connectivity index (χ0) is 20.5. The molecule has 0 saturated heterocycles. The Labute approximate surface area is 177 Å². The van der Waals surface area contributed by atoms with Crippen LogP contribution < -0.4 is 5.32 Å². The van der Waals surface area contributed by atoms with Crippen LogP contribution in [0, 0.1) is 20.8 Å². The van der Waals surface area contributed by atoms with Gasteiger partial charge in [-0.2, -0.15) is 0 Å². The van der Waals surface area contributed by atoms with Crippen LogP contribution in [-0.2, 0) is 0 Å². The molecule has 4 aromatic rings. The number of aryl methyl sites for hydroxylation is 3. The van der Waals surface area contributed by atoms with Gasteiger partial charge in [-0.1, -0.05) is 47.1 Å². The first kappa shape index (κ1) is 19.4. The van der Waals surface area contributed by atoms with E-state index in [1.165, 1.54) is 22.5 Å². The van der Waals surface area contributed by atoms with E-state index in [2.05, 4.69) is 41.4 Å². The van der Waals surface area contributed by atoms with Crippen LogP contribution in [0.1, 0.15) is 27.2 Å². The number of anilines is 1. The maximum absolute atomic E-state index is 13.0. The molecule has 0 bridgehead atoms. The minimum atomic E-state index is -0.334. The molecule has 0 fully saturated rings. The number of benzene rings is 2. The van der Waals surface area contributed by atoms with Gasteiger partial charge in [0.05, 0.1) is 10.7 Å². The molecule has 0 aliphatic carbocycles. The van der Waals surface area contributed by atoms with Crippen molar-refractivity contribution in [3.63, 3.8) is 0 Å². The Morgan fingerprint density at radius 1 is 1.10 bits per heavy atom. The number of halogens is 1. The van der Waals surface area contributed by atoms with Gasteiger partial charge in [0.1, 0.15) is 17.0 Å². The van der Waals surface area contributed by atoms with Crippen LogP contribution in [0.4, 0.5) is 5.13 Å². The van der Waals surface area contributed by atoms with E-state index in [0.29, 0.717) is 32.7 Å².